The number of benzene rings is 1. The Morgan fingerprint density at radius 2 is 2.07 bits per heavy atom. The molecule has 1 atom stereocenters. The lowest BCUT2D eigenvalue weighted by Gasteiger charge is -2.13. The Kier molecular flexibility index (Phi) is 5.26. The normalized spacial score (nSPS) is 12.4. The molecular weight excluding hydrogens is 188 g/mol. The third-order valence-corrected chi connectivity index (χ3v) is 5.45. The van der Waals surface area contributed by atoms with Crippen LogP contribution in [0.5, 0.6) is 0 Å². The van der Waals surface area contributed by atoms with Crippen molar-refractivity contribution in [2.24, 2.45) is 0 Å². The maximum absolute atomic E-state index is 5.28. The summed E-state index contributed by atoms with van der Waals surface area (Å²) in [4.78, 5) is 0. The van der Waals surface area contributed by atoms with Crippen LogP contribution in [0.2, 0.25) is 6.04 Å². The average Bonchev–Trinajstić information content (AvgIpc) is 2.25. The van der Waals surface area contributed by atoms with Crippen molar-refractivity contribution in [1.82, 2.24) is 0 Å². The van der Waals surface area contributed by atoms with E-state index in [4.69, 9.17) is 4.74 Å². The van der Waals surface area contributed by atoms with Crippen LogP contribution >= 0.6 is 0 Å². The molecule has 0 spiro atoms. The van der Waals surface area contributed by atoms with Crippen LogP contribution < -0.4 is 5.19 Å². The highest BCUT2D eigenvalue weighted by atomic mass is 28.3. The van der Waals surface area contributed by atoms with Crippen LogP contribution in [0.1, 0.15) is 6.42 Å². The van der Waals surface area contributed by atoms with E-state index >= 15 is 0 Å². The Labute approximate surface area is 88.0 Å². The highest BCUT2D eigenvalue weighted by Crippen LogP contribution is 2.00. The quantitative estimate of drug-likeness (QED) is 0.510. The second-order valence-electron chi connectivity index (χ2n) is 3.43. The zero-order valence-corrected chi connectivity index (χ0v) is 9.93. The lowest BCUT2D eigenvalue weighted by molar-refractivity contribution is 0.249. The van der Waals surface area contributed by atoms with Crippen LogP contribution in [0.4, 0.5) is 0 Å². The molecule has 0 aromatic heterocycles. The first-order chi connectivity index (χ1) is 6.88. The molecule has 1 rings (SSSR count). The summed E-state index contributed by atoms with van der Waals surface area (Å²) in [5, 5.41) is 1.50. The van der Waals surface area contributed by atoms with Gasteiger partial charge in [-0.25, -0.2) is 0 Å². The topological polar surface area (TPSA) is 9.23 Å². The van der Waals surface area contributed by atoms with Crippen molar-refractivity contribution in [2.45, 2.75) is 12.5 Å². The summed E-state index contributed by atoms with van der Waals surface area (Å²) >= 11 is 0. The Bertz CT molecular complexity index is 258. The fourth-order valence-corrected chi connectivity index (χ4v) is 4.09. The molecule has 0 radical (unpaired) electrons. The number of rotatable bonds is 6. The smallest absolute Gasteiger partial charge is 0.100 e. The standard InChI is InChI=1S/C12H18OSi/c1-3-4-10-14(11-13-2)12-8-6-5-7-9-12/h3,5-9,14H,1,4,10-11H2,2H3. The second kappa shape index (κ2) is 6.57. The molecule has 76 valence electrons. The van der Waals surface area contributed by atoms with Crippen LogP contribution in [-0.4, -0.2) is 22.1 Å². The second-order valence-corrected chi connectivity index (χ2v) is 6.40. The molecule has 0 N–H and O–H groups in total. The van der Waals surface area contributed by atoms with Crippen molar-refractivity contribution in [2.75, 3.05) is 13.3 Å². The molecule has 1 nitrogen and oxygen atoms in total. The van der Waals surface area contributed by atoms with Gasteiger partial charge >= 0.3 is 0 Å². The lowest BCUT2D eigenvalue weighted by Crippen LogP contribution is -2.34. The third kappa shape index (κ3) is 3.48. The largest absolute Gasteiger partial charge is 0.388 e. The fraction of sp³-hybridized carbons (Fsp3) is 0.333. The summed E-state index contributed by atoms with van der Waals surface area (Å²) in [6.45, 7) is 3.77. The molecule has 1 unspecified atom stereocenters. The first kappa shape index (κ1) is 11.2. The minimum Gasteiger partial charge on any atom is -0.388 e. The average molecular weight is 206 g/mol. The number of allylic oxidation sites excluding steroid dienone is 1. The van der Waals surface area contributed by atoms with E-state index in [-0.39, 0.29) is 0 Å². The van der Waals surface area contributed by atoms with E-state index < -0.39 is 8.80 Å². The highest BCUT2D eigenvalue weighted by Gasteiger charge is 2.11. The van der Waals surface area contributed by atoms with E-state index in [1.165, 1.54) is 11.2 Å². The summed E-state index contributed by atoms with van der Waals surface area (Å²) in [6.07, 6.45) is 4.03. The van der Waals surface area contributed by atoms with Crippen molar-refractivity contribution in [3.8, 4) is 0 Å². The van der Waals surface area contributed by atoms with Crippen molar-refractivity contribution in [3.05, 3.63) is 43.0 Å². The summed E-state index contributed by atoms with van der Waals surface area (Å²) in [5.74, 6) is 0. The van der Waals surface area contributed by atoms with Gasteiger partial charge in [0.2, 0.25) is 0 Å². The van der Waals surface area contributed by atoms with Crippen LogP contribution in [0, 0.1) is 0 Å². The van der Waals surface area contributed by atoms with Crippen molar-refractivity contribution in [1.29, 1.82) is 0 Å². The Balaban J connectivity index is 2.62. The predicted molar refractivity (Wildman–Crippen MR) is 64.7 cm³/mol. The molecule has 0 saturated heterocycles. The molecule has 0 aliphatic heterocycles. The van der Waals surface area contributed by atoms with Crippen molar-refractivity contribution in [3.63, 3.8) is 0 Å². The maximum Gasteiger partial charge on any atom is 0.100 e. The monoisotopic (exact) mass is 206 g/mol. The first-order valence-electron chi connectivity index (χ1n) is 5.03. The van der Waals surface area contributed by atoms with Gasteiger partial charge < -0.3 is 4.74 Å². The first-order valence-corrected chi connectivity index (χ1v) is 7.24. The summed E-state index contributed by atoms with van der Waals surface area (Å²) < 4.78 is 5.28. The molecule has 0 saturated carbocycles. The van der Waals surface area contributed by atoms with E-state index in [1.807, 2.05) is 6.08 Å². The fourth-order valence-electron chi connectivity index (χ4n) is 1.59. The van der Waals surface area contributed by atoms with Gasteiger partial charge in [-0.15, -0.1) is 6.58 Å². The number of hydrogen-bond donors (Lipinski definition) is 0. The minimum atomic E-state index is -0.903. The van der Waals surface area contributed by atoms with Gasteiger partial charge in [0.05, 0.1) is 0 Å². The minimum absolute atomic E-state index is 0.903. The van der Waals surface area contributed by atoms with Crippen molar-refractivity contribution >= 4 is 14.0 Å². The SMILES string of the molecule is C=CCC[SiH](COC)c1ccccc1. The highest BCUT2D eigenvalue weighted by molar-refractivity contribution is 6.73. The summed E-state index contributed by atoms with van der Waals surface area (Å²) in [6, 6.07) is 12.0. The molecular formula is C12H18OSi. The van der Waals surface area contributed by atoms with Gasteiger partial charge in [-0.1, -0.05) is 47.6 Å². The summed E-state index contributed by atoms with van der Waals surface area (Å²) in [7, 11) is 0.885. The zero-order chi connectivity index (χ0) is 10.2. The van der Waals surface area contributed by atoms with Crippen LogP contribution in [0.25, 0.3) is 0 Å². The van der Waals surface area contributed by atoms with Gasteiger partial charge in [0, 0.05) is 13.3 Å². The Morgan fingerprint density at radius 3 is 2.64 bits per heavy atom. The molecule has 0 bridgehead atoms. The van der Waals surface area contributed by atoms with Gasteiger partial charge in [-0.05, 0) is 6.42 Å². The lowest BCUT2D eigenvalue weighted by atomic mass is 10.4. The zero-order valence-electron chi connectivity index (χ0n) is 8.78. The van der Waals surface area contributed by atoms with E-state index in [2.05, 4.69) is 36.9 Å². The molecule has 14 heavy (non-hydrogen) atoms. The number of hydrogen-bond acceptors (Lipinski definition) is 1. The number of methoxy groups -OCH3 is 1. The van der Waals surface area contributed by atoms with Crippen molar-refractivity contribution < 1.29 is 4.74 Å². The molecule has 0 aliphatic carbocycles. The van der Waals surface area contributed by atoms with E-state index in [0.29, 0.717) is 0 Å². The van der Waals surface area contributed by atoms with Gasteiger partial charge in [-0.3, -0.25) is 0 Å². The van der Waals surface area contributed by atoms with E-state index in [9.17, 15) is 0 Å². The maximum atomic E-state index is 5.28. The molecule has 0 amide bonds. The van der Waals surface area contributed by atoms with Crippen LogP contribution in [0.3, 0.4) is 0 Å². The molecule has 2 heteroatoms. The van der Waals surface area contributed by atoms with Gasteiger partial charge in [0.15, 0.2) is 0 Å². The number of ether oxygens (including phenoxy) is 1. The van der Waals surface area contributed by atoms with Crippen LogP contribution in [-0.2, 0) is 4.74 Å². The van der Waals surface area contributed by atoms with E-state index in [1.54, 1.807) is 7.11 Å². The van der Waals surface area contributed by atoms with Gasteiger partial charge in [0.25, 0.3) is 0 Å². The van der Waals surface area contributed by atoms with Gasteiger partial charge in [0.1, 0.15) is 8.80 Å². The molecule has 1 aromatic rings. The van der Waals surface area contributed by atoms with E-state index in [0.717, 1.165) is 12.7 Å². The predicted octanol–water partition coefficient (Wildman–Crippen LogP) is 1.88. The molecule has 0 heterocycles. The third-order valence-electron chi connectivity index (χ3n) is 2.36. The van der Waals surface area contributed by atoms with Gasteiger partial charge in [-0.2, -0.15) is 0 Å². The summed E-state index contributed by atoms with van der Waals surface area (Å²) in [5.41, 5.74) is 0. The van der Waals surface area contributed by atoms with Crippen LogP contribution in [0.15, 0.2) is 43.0 Å². The Morgan fingerprint density at radius 1 is 1.36 bits per heavy atom. The molecule has 1 aromatic carbocycles. The Hall–Kier alpha value is -0.863. The molecule has 0 fully saturated rings. The molecule has 0 aliphatic rings.